The van der Waals surface area contributed by atoms with E-state index in [1.54, 1.807) is 6.08 Å². The molecule has 1 saturated heterocycles. The minimum Gasteiger partial charge on any atom is -0.541 e. The lowest BCUT2D eigenvalue weighted by Crippen LogP contribution is -2.64. The molecule has 2 aliphatic carbocycles. The van der Waals surface area contributed by atoms with Crippen LogP contribution in [0.3, 0.4) is 0 Å². The highest BCUT2D eigenvalue weighted by Gasteiger charge is 2.64. The van der Waals surface area contributed by atoms with Crippen molar-refractivity contribution in [2.45, 2.75) is 69.3 Å². The van der Waals surface area contributed by atoms with Gasteiger partial charge in [-0.15, -0.1) is 0 Å². The summed E-state index contributed by atoms with van der Waals surface area (Å²) in [4.78, 5) is 15.4. The van der Waals surface area contributed by atoms with Gasteiger partial charge in [0, 0.05) is 17.5 Å². The molecule has 0 unspecified atom stereocenters. The number of carbonyl (C=O) groups is 1. The third kappa shape index (κ3) is 2.18. The highest BCUT2D eigenvalue weighted by Crippen LogP contribution is 2.62. The summed E-state index contributed by atoms with van der Waals surface area (Å²) in [6.07, 6.45) is 5.53. The Bertz CT molecular complexity index is 900. The van der Waals surface area contributed by atoms with Gasteiger partial charge in [0.1, 0.15) is 5.75 Å². The quantitative estimate of drug-likeness (QED) is 0.705. The van der Waals surface area contributed by atoms with Gasteiger partial charge in [0.15, 0.2) is 17.6 Å². The van der Waals surface area contributed by atoms with Crippen molar-refractivity contribution in [2.24, 2.45) is 5.92 Å². The van der Waals surface area contributed by atoms with Crippen molar-refractivity contribution < 1.29 is 14.0 Å². The number of piperidine rings is 1. The molecule has 5 rings (SSSR count). The molecule has 0 radical (unpaired) electrons. The van der Waals surface area contributed by atoms with Gasteiger partial charge in [-0.3, -0.25) is 4.79 Å². The van der Waals surface area contributed by atoms with Crippen LogP contribution in [0.5, 0.6) is 11.5 Å². The van der Waals surface area contributed by atoms with Gasteiger partial charge in [0.05, 0.1) is 5.41 Å². The van der Waals surface area contributed by atoms with Crippen LogP contribution in [0.15, 0.2) is 24.3 Å². The van der Waals surface area contributed by atoms with E-state index in [9.17, 15) is 4.79 Å². The van der Waals surface area contributed by atoms with Crippen LogP contribution in [0.25, 0.3) is 0 Å². The van der Waals surface area contributed by atoms with Gasteiger partial charge in [0.2, 0.25) is 0 Å². The summed E-state index contributed by atoms with van der Waals surface area (Å²) in [6, 6.07) is 4.77. The van der Waals surface area contributed by atoms with E-state index in [4.69, 9.17) is 9.16 Å². The predicted molar refractivity (Wildman–Crippen MR) is 113 cm³/mol. The number of benzene rings is 1. The van der Waals surface area contributed by atoms with Crippen LogP contribution in [0.2, 0.25) is 18.1 Å². The van der Waals surface area contributed by atoms with Crippen LogP contribution < -0.4 is 9.16 Å². The SMILES string of the molecule is CN1CC[C@]23c4c5ccc(O[Si](C)(C)C(C)(C)C)c4O[C@H]2C(=O)C=C[C@H]3[C@@H]1C5. The number of hydrogen-bond acceptors (Lipinski definition) is 4. The smallest absolute Gasteiger partial charge is 0.250 e. The summed E-state index contributed by atoms with van der Waals surface area (Å²) < 4.78 is 13.2. The minimum absolute atomic E-state index is 0.109. The van der Waals surface area contributed by atoms with Crippen LogP contribution in [-0.2, 0) is 16.6 Å². The molecule has 5 heteroatoms. The van der Waals surface area contributed by atoms with Gasteiger partial charge in [0.25, 0.3) is 8.32 Å². The van der Waals surface area contributed by atoms with Crippen molar-refractivity contribution >= 4 is 14.1 Å². The van der Waals surface area contributed by atoms with Crippen molar-refractivity contribution in [3.63, 3.8) is 0 Å². The standard InChI is InChI=1S/C23H31NO3Si/c1-22(2,3)28(5,6)27-18-10-7-14-13-16-15-8-9-17(25)21-23(15,11-12-24(16)4)19(14)20(18)26-21/h7-10,15-16,21H,11-13H2,1-6H3/t15-,16-,21-,23-/m0/s1. The second-order valence-electron chi connectivity index (χ2n) is 10.6. The molecule has 0 saturated carbocycles. The molecule has 2 aliphatic heterocycles. The second-order valence-corrected chi connectivity index (χ2v) is 15.3. The fourth-order valence-corrected chi connectivity index (χ4v) is 6.60. The molecular formula is C23H31NO3Si. The average Bonchev–Trinajstić information content (AvgIpc) is 2.96. The minimum atomic E-state index is -2.00. The number of rotatable bonds is 2. The summed E-state index contributed by atoms with van der Waals surface area (Å²) in [7, 11) is 0.211. The lowest BCUT2D eigenvalue weighted by molar-refractivity contribution is -0.127. The highest BCUT2D eigenvalue weighted by atomic mass is 28.4. The van der Waals surface area contributed by atoms with E-state index in [0.29, 0.717) is 12.0 Å². The topological polar surface area (TPSA) is 38.8 Å². The summed E-state index contributed by atoms with van der Waals surface area (Å²) in [6.45, 7) is 12.3. The van der Waals surface area contributed by atoms with E-state index in [2.05, 4.69) is 64.0 Å². The first-order chi connectivity index (χ1) is 13.1. The molecule has 0 aromatic heterocycles. The molecule has 1 aromatic rings. The van der Waals surface area contributed by atoms with Gasteiger partial charge in [-0.05, 0) is 62.3 Å². The molecule has 1 aromatic carbocycles. The Balaban J connectivity index is 1.68. The summed E-state index contributed by atoms with van der Waals surface area (Å²) in [5.74, 6) is 2.16. The normalized spacial score (nSPS) is 33.5. The van der Waals surface area contributed by atoms with Gasteiger partial charge < -0.3 is 14.1 Å². The predicted octanol–water partition coefficient (Wildman–Crippen LogP) is 4.08. The summed E-state index contributed by atoms with van der Waals surface area (Å²) in [5, 5.41) is 0.109. The zero-order chi connectivity index (χ0) is 20.1. The Morgan fingerprint density at radius 3 is 2.75 bits per heavy atom. The monoisotopic (exact) mass is 397 g/mol. The van der Waals surface area contributed by atoms with Crippen LogP contribution in [0.4, 0.5) is 0 Å². The number of ketones is 1. The van der Waals surface area contributed by atoms with E-state index in [-0.39, 0.29) is 16.2 Å². The summed E-state index contributed by atoms with van der Waals surface area (Å²) >= 11 is 0. The molecule has 2 bridgehead atoms. The molecule has 2 heterocycles. The molecule has 4 aliphatic rings. The first-order valence-corrected chi connectivity index (χ1v) is 13.4. The third-order valence-electron chi connectivity index (χ3n) is 8.16. The van der Waals surface area contributed by atoms with Crippen LogP contribution in [0, 0.1) is 5.92 Å². The largest absolute Gasteiger partial charge is 0.541 e. The Kier molecular flexibility index (Phi) is 3.63. The fourth-order valence-electron chi connectivity index (χ4n) is 5.58. The lowest BCUT2D eigenvalue weighted by atomic mass is 9.53. The lowest BCUT2D eigenvalue weighted by Gasteiger charge is -2.55. The molecule has 1 fully saturated rings. The molecule has 28 heavy (non-hydrogen) atoms. The van der Waals surface area contributed by atoms with Gasteiger partial charge in [-0.25, -0.2) is 0 Å². The van der Waals surface area contributed by atoms with Crippen molar-refractivity contribution in [2.75, 3.05) is 13.6 Å². The van der Waals surface area contributed by atoms with Gasteiger partial charge in [-0.1, -0.05) is 32.9 Å². The Labute approximate surface area is 169 Å². The molecule has 4 nitrogen and oxygen atoms in total. The van der Waals surface area contributed by atoms with Crippen LogP contribution in [0.1, 0.15) is 38.3 Å². The summed E-state index contributed by atoms with van der Waals surface area (Å²) in [5.41, 5.74) is 2.41. The molecule has 150 valence electrons. The number of hydrogen-bond donors (Lipinski definition) is 0. The van der Waals surface area contributed by atoms with Crippen molar-refractivity contribution in [1.82, 2.24) is 4.90 Å². The second kappa shape index (κ2) is 5.51. The zero-order valence-electron chi connectivity index (χ0n) is 17.8. The Hall–Kier alpha value is -1.59. The number of likely N-dealkylation sites (N-methyl/N-ethyl adjacent to an activating group) is 1. The maximum atomic E-state index is 12.9. The third-order valence-corrected chi connectivity index (χ3v) is 12.5. The van der Waals surface area contributed by atoms with Gasteiger partial charge in [-0.2, -0.15) is 0 Å². The first kappa shape index (κ1) is 18.4. The Morgan fingerprint density at radius 1 is 1.29 bits per heavy atom. The molecule has 0 N–H and O–H groups in total. The highest BCUT2D eigenvalue weighted by molar-refractivity contribution is 6.74. The van der Waals surface area contributed by atoms with E-state index >= 15 is 0 Å². The van der Waals surface area contributed by atoms with Gasteiger partial charge >= 0.3 is 0 Å². The Morgan fingerprint density at radius 2 is 2.04 bits per heavy atom. The van der Waals surface area contributed by atoms with Crippen molar-refractivity contribution in [3.8, 4) is 11.5 Å². The number of carbonyl (C=O) groups excluding carboxylic acids is 1. The fraction of sp³-hybridized carbons (Fsp3) is 0.609. The van der Waals surface area contributed by atoms with Crippen molar-refractivity contribution in [1.29, 1.82) is 0 Å². The first-order valence-electron chi connectivity index (χ1n) is 10.5. The maximum Gasteiger partial charge on any atom is 0.250 e. The number of likely N-dealkylation sites (tertiary alicyclic amines) is 1. The van der Waals surface area contributed by atoms with Crippen LogP contribution in [-0.4, -0.2) is 44.7 Å². The maximum absolute atomic E-state index is 12.9. The van der Waals surface area contributed by atoms with Crippen molar-refractivity contribution in [3.05, 3.63) is 35.4 Å². The molecule has 4 atom stereocenters. The van der Waals surface area contributed by atoms with E-state index in [0.717, 1.165) is 30.9 Å². The molecule has 0 amide bonds. The van der Waals surface area contributed by atoms with E-state index in [1.807, 2.05) is 0 Å². The average molecular weight is 398 g/mol. The molecular weight excluding hydrogens is 366 g/mol. The van der Waals surface area contributed by atoms with E-state index < -0.39 is 14.4 Å². The number of ether oxygens (including phenoxy) is 1. The number of nitrogens with zero attached hydrogens (tertiary/aromatic N) is 1. The van der Waals surface area contributed by atoms with Crippen LogP contribution >= 0.6 is 0 Å². The van der Waals surface area contributed by atoms with E-state index in [1.165, 1.54) is 11.1 Å². The zero-order valence-corrected chi connectivity index (χ0v) is 18.8. The molecule has 1 spiro atoms.